The summed E-state index contributed by atoms with van der Waals surface area (Å²) in [6, 6.07) is 16.1. The second kappa shape index (κ2) is 7.38. The van der Waals surface area contributed by atoms with Crippen LogP contribution < -0.4 is 9.47 Å². The van der Waals surface area contributed by atoms with Gasteiger partial charge in [0.1, 0.15) is 17.6 Å². The molecule has 2 aliphatic heterocycles. The monoisotopic (exact) mass is 352 g/mol. The molecule has 1 amide bonds. The SMILES string of the molecule is COc1cccc(OC2CN(C(=O)CN3CCc4ccccc4C3)C2)c1. The van der Waals surface area contributed by atoms with Gasteiger partial charge in [-0.3, -0.25) is 9.69 Å². The molecule has 0 bridgehead atoms. The molecule has 0 N–H and O–H groups in total. The first kappa shape index (κ1) is 16.9. The van der Waals surface area contributed by atoms with Gasteiger partial charge < -0.3 is 14.4 Å². The Balaban J connectivity index is 1.25. The first-order chi connectivity index (χ1) is 12.7. The zero-order valence-electron chi connectivity index (χ0n) is 15.1. The molecule has 0 aromatic heterocycles. The van der Waals surface area contributed by atoms with E-state index in [1.165, 1.54) is 11.1 Å². The third kappa shape index (κ3) is 3.68. The topological polar surface area (TPSA) is 42.0 Å². The van der Waals surface area contributed by atoms with Crippen LogP contribution in [0, 0.1) is 0 Å². The average molecular weight is 352 g/mol. The Morgan fingerprint density at radius 1 is 1.08 bits per heavy atom. The molecule has 0 atom stereocenters. The van der Waals surface area contributed by atoms with E-state index in [1.54, 1.807) is 7.11 Å². The van der Waals surface area contributed by atoms with E-state index in [1.807, 2.05) is 29.2 Å². The fourth-order valence-electron chi connectivity index (χ4n) is 3.56. The van der Waals surface area contributed by atoms with Crippen LogP contribution in [-0.4, -0.2) is 55.1 Å². The van der Waals surface area contributed by atoms with Crippen LogP contribution in [0.2, 0.25) is 0 Å². The van der Waals surface area contributed by atoms with Gasteiger partial charge in [0.2, 0.25) is 5.91 Å². The van der Waals surface area contributed by atoms with Crippen molar-refractivity contribution in [3.8, 4) is 11.5 Å². The maximum Gasteiger partial charge on any atom is 0.237 e. The maximum atomic E-state index is 12.5. The van der Waals surface area contributed by atoms with Gasteiger partial charge in [-0.1, -0.05) is 30.3 Å². The van der Waals surface area contributed by atoms with Crippen LogP contribution in [0.15, 0.2) is 48.5 Å². The fraction of sp³-hybridized carbons (Fsp3) is 0.381. The highest BCUT2D eigenvalue weighted by Gasteiger charge is 2.33. The summed E-state index contributed by atoms with van der Waals surface area (Å²) in [6.45, 7) is 3.60. The summed E-state index contributed by atoms with van der Waals surface area (Å²) in [7, 11) is 1.64. The van der Waals surface area contributed by atoms with Crippen molar-refractivity contribution in [1.29, 1.82) is 0 Å². The van der Waals surface area contributed by atoms with Crippen LogP contribution in [0.1, 0.15) is 11.1 Å². The zero-order chi connectivity index (χ0) is 17.9. The fourth-order valence-corrected chi connectivity index (χ4v) is 3.56. The molecule has 1 saturated heterocycles. The molecule has 5 nitrogen and oxygen atoms in total. The van der Waals surface area contributed by atoms with Crippen molar-refractivity contribution in [1.82, 2.24) is 9.80 Å². The van der Waals surface area contributed by atoms with Crippen LogP contribution in [0.3, 0.4) is 0 Å². The Bertz CT molecular complexity index is 786. The molecule has 26 heavy (non-hydrogen) atoms. The van der Waals surface area contributed by atoms with Crippen LogP contribution in [0.25, 0.3) is 0 Å². The lowest BCUT2D eigenvalue weighted by Gasteiger charge is -2.40. The maximum absolute atomic E-state index is 12.5. The van der Waals surface area contributed by atoms with Crippen molar-refractivity contribution in [3.05, 3.63) is 59.7 Å². The van der Waals surface area contributed by atoms with Gasteiger partial charge in [-0.05, 0) is 29.7 Å². The summed E-state index contributed by atoms with van der Waals surface area (Å²) in [6.07, 6.45) is 1.08. The first-order valence-corrected chi connectivity index (χ1v) is 9.09. The van der Waals surface area contributed by atoms with Crippen molar-refractivity contribution in [2.24, 2.45) is 0 Å². The molecular weight excluding hydrogens is 328 g/mol. The molecule has 0 radical (unpaired) electrons. The Morgan fingerprint density at radius 2 is 1.85 bits per heavy atom. The van der Waals surface area contributed by atoms with Crippen LogP contribution >= 0.6 is 0 Å². The largest absolute Gasteiger partial charge is 0.497 e. The molecule has 0 aliphatic carbocycles. The third-order valence-electron chi connectivity index (χ3n) is 5.11. The van der Waals surface area contributed by atoms with Crippen molar-refractivity contribution in [2.45, 2.75) is 19.1 Å². The number of benzene rings is 2. The van der Waals surface area contributed by atoms with Gasteiger partial charge in [0.05, 0.1) is 26.7 Å². The van der Waals surface area contributed by atoms with Gasteiger partial charge in [0.25, 0.3) is 0 Å². The molecule has 1 fully saturated rings. The molecular formula is C21H24N2O3. The number of methoxy groups -OCH3 is 1. The average Bonchev–Trinajstić information content (AvgIpc) is 2.64. The molecule has 4 rings (SSSR count). The van der Waals surface area contributed by atoms with E-state index < -0.39 is 0 Å². The van der Waals surface area contributed by atoms with Gasteiger partial charge in [0.15, 0.2) is 0 Å². The number of ether oxygens (including phenoxy) is 2. The second-order valence-electron chi connectivity index (χ2n) is 6.95. The summed E-state index contributed by atoms with van der Waals surface area (Å²) >= 11 is 0. The minimum absolute atomic E-state index is 0.0631. The van der Waals surface area contributed by atoms with Crippen LogP contribution in [0.5, 0.6) is 11.5 Å². The summed E-state index contributed by atoms with van der Waals surface area (Å²) in [5, 5.41) is 0. The third-order valence-corrected chi connectivity index (χ3v) is 5.11. The number of likely N-dealkylation sites (tertiary alicyclic amines) is 1. The molecule has 136 valence electrons. The van der Waals surface area contributed by atoms with E-state index in [0.29, 0.717) is 19.6 Å². The predicted octanol–water partition coefficient (Wildman–Crippen LogP) is 2.34. The van der Waals surface area contributed by atoms with Gasteiger partial charge in [0, 0.05) is 19.2 Å². The molecule has 0 spiro atoms. The number of carbonyl (C=O) groups is 1. The summed E-state index contributed by atoms with van der Waals surface area (Å²) in [4.78, 5) is 16.6. The molecule has 0 saturated carbocycles. The summed E-state index contributed by atoms with van der Waals surface area (Å²) < 4.78 is 11.1. The van der Waals surface area contributed by atoms with Crippen molar-refractivity contribution in [3.63, 3.8) is 0 Å². The van der Waals surface area contributed by atoms with Gasteiger partial charge in [-0.2, -0.15) is 0 Å². The van der Waals surface area contributed by atoms with Crippen LogP contribution in [0.4, 0.5) is 0 Å². The lowest BCUT2D eigenvalue weighted by Crippen LogP contribution is -2.58. The predicted molar refractivity (Wildman–Crippen MR) is 99.4 cm³/mol. The number of hydrogen-bond acceptors (Lipinski definition) is 4. The number of amides is 1. The number of nitrogens with zero attached hydrogens (tertiary/aromatic N) is 2. The smallest absolute Gasteiger partial charge is 0.237 e. The Morgan fingerprint density at radius 3 is 2.65 bits per heavy atom. The van der Waals surface area contributed by atoms with E-state index in [4.69, 9.17) is 9.47 Å². The zero-order valence-corrected chi connectivity index (χ0v) is 15.1. The van der Waals surface area contributed by atoms with Crippen molar-refractivity contribution in [2.75, 3.05) is 33.3 Å². The number of carbonyl (C=O) groups excluding carboxylic acids is 1. The van der Waals surface area contributed by atoms with E-state index >= 15 is 0 Å². The van der Waals surface area contributed by atoms with Gasteiger partial charge in [-0.25, -0.2) is 0 Å². The minimum Gasteiger partial charge on any atom is -0.497 e. The number of rotatable bonds is 5. The molecule has 2 aromatic rings. The molecule has 2 aliphatic rings. The van der Waals surface area contributed by atoms with E-state index in [0.717, 1.165) is 31.0 Å². The second-order valence-corrected chi connectivity index (χ2v) is 6.95. The summed E-state index contributed by atoms with van der Waals surface area (Å²) in [5.41, 5.74) is 2.75. The minimum atomic E-state index is 0.0631. The van der Waals surface area contributed by atoms with E-state index in [9.17, 15) is 4.79 Å². The first-order valence-electron chi connectivity index (χ1n) is 9.09. The number of fused-ring (bicyclic) bond motifs is 1. The number of hydrogen-bond donors (Lipinski definition) is 0. The van der Waals surface area contributed by atoms with Gasteiger partial charge in [-0.15, -0.1) is 0 Å². The quantitative estimate of drug-likeness (QED) is 0.828. The highest BCUT2D eigenvalue weighted by atomic mass is 16.5. The molecule has 2 heterocycles. The Hall–Kier alpha value is -2.53. The highest BCUT2D eigenvalue weighted by Crippen LogP contribution is 2.23. The molecule has 0 unspecified atom stereocenters. The van der Waals surface area contributed by atoms with E-state index in [-0.39, 0.29) is 12.0 Å². The van der Waals surface area contributed by atoms with E-state index in [2.05, 4.69) is 29.2 Å². The lowest BCUT2D eigenvalue weighted by molar-refractivity contribution is -0.141. The molecule has 2 aromatic carbocycles. The lowest BCUT2D eigenvalue weighted by atomic mass is 10.00. The molecule has 5 heteroatoms. The highest BCUT2D eigenvalue weighted by molar-refractivity contribution is 5.79. The summed E-state index contributed by atoms with van der Waals surface area (Å²) in [5.74, 6) is 1.75. The standard InChI is InChI=1S/C21H24N2O3/c1-25-18-7-4-8-19(11-18)26-20-13-23(14-20)21(24)15-22-10-9-16-5-2-3-6-17(16)12-22/h2-8,11,20H,9-10,12-15H2,1H3. The normalized spacial score (nSPS) is 17.3. The van der Waals surface area contributed by atoms with Crippen molar-refractivity contribution < 1.29 is 14.3 Å². The van der Waals surface area contributed by atoms with Crippen LogP contribution in [-0.2, 0) is 17.8 Å². The Kier molecular flexibility index (Phi) is 4.80. The Labute approximate surface area is 154 Å². The van der Waals surface area contributed by atoms with Crippen molar-refractivity contribution >= 4 is 5.91 Å². The van der Waals surface area contributed by atoms with Gasteiger partial charge >= 0.3 is 0 Å².